The topological polar surface area (TPSA) is 66.0 Å². The van der Waals surface area contributed by atoms with E-state index in [2.05, 4.69) is 10.6 Å². The maximum absolute atomic E-state index is 12.0. The highest BCUT2D eigenvalue weighted by Crippen LogP contribution is 2.14. The summed E-state index contributed by atoms with van der Waals surface area (Å²) in [5.74, 6) is -1.50. The van der Waals surface area contributed by atoms with Gasteiger partial charge in [0, 0.05) is 24.3 Å². The van der Waals surface area contributed by atoms with Gasteiger partial charge in [0.25, 0.3) is 11.4 Å². The van der Waals surface area contributed by atoms with Crippen molar-refractivity contribution >= 4 is 11.8 Å². The quantitative estimate of drug-likeness (QED) is 0.584. The lowest BCUT2D eigenvalue weighted by Gasteiger charge is -2.11. The van der Waals surface area contributed by atoms with Crippen LogP contribution >= 0.6 is 0 Å². The van der Waals surface area contributed by atoms with Crippen LogP contribution in [0.4, 0.5) is 0 Å². The number of nitrogens with zero attached hydrogens (tertiary/aromatic N) is 2. The Hall–Kier alpha value is -2.76. The minimum atomic E-state index is -1.07. The zero-order chi connectivity index (χ0) is 13.0. The van der Waals surface area contributed by atoms with Gasteiger partial charge in [-0.3, -0.25) is 9.59 Å². The number of carbonyl (C=O) groups is 2. The molecule has 2 amide bonds. The summed E-state index contributed by atoms with van der Waals surface area (Å²) in [5.41, 5.74) is 1.01. The van der Waals surface area contributed by atoms with Gasteiger partial charge in [-0.1, -0.05) is 9.13 Å². The van der Waals surface area contributed by atoms with Crippen LogP contribution in [0.5, 0.6) is 0 Å². The highest BCUT2D eigenvalue weighted by molar-refractivity contribution is 5.95. The van der Waals surface area contributed by atoms with Crippen molar-refractivity contribution in [2.75, 3.05) is 0 Å². The van der Waals surface area contributed by atoms with Crippen molar-refractivity contribution in [3.05, 3.63) is 60.2 Å². The molecule has 0 unspecified atom stereocenters. The molecule has 2 N–H and O–H groups in total. The molecule has 0 saturated heterocycles. The number of aromatic nitrogens is 2. The van der Waals surface area contributed by atoms with Gasteiger partial charge in [0.1, 0.15) is 0 Å². The Bertz CT molecular complexity index is 677. The van der Waals surface area contributed by atoms with Gasteiger partial charge in [-0.2, -0.15) is 0 Å². The summed E-state index contributed by atoms with van der Waals surface area (Å²) in [4.78, 5) is 24.1. The monoisotopic (exact) mass is 254 g/mol. The van der Waals surface area contributed by atoms with E-state index in [4.69, 9.17) is 0 Å². The molecule has 0 saturated carbocycles. The molecular weight excluding hydrogens is 244 g/mol. The van der Waals surface area contributed by atoms with E-state index in [1.165, 1.54) is 0 Å². The van der Waals surface area contributed by atoms with E-state index in [0.29, 0.717) is 11.4 Å². The fraction of sp³-hybridized carbons (Fsp3) is 0.0769. The van der Waals surface area contributed by atoms with Gasteiger partial charge in [-0.25, -0.2) is 10.6 Å². The first-order chi connectivity index (χ1) is 9.22. The number of hydrogen-bond acceptors (Lipinski definition) is 2. The molecule has 2 aromatic heterocycles. The predicted molar refractivity (Wildman–Crippen MR) is 61.6 cm³/mol. The maximum atomic E-state index is 12.0. The molecular formula is C13H10N4O2+2. The molecule has 4 rings (SSSR count). The summed E-state index contributed by atoms with van der Waals surface area (Å²) in [6.45, 7) is 0. The third kappa shape index (κ3) is 1.10. The average molecular weight is 254 g/mol. The summed E-state index contributed by atoms with van der Waals surface area (Å²) in [6, 6.07) is 10.7. The van der Waals surface area contributed by atoms with Crippen molar-refractivity contribution in [2.45, 2.75) is 5.91 Å². The second-order valence-electron chi connectivity index (χ2n) is 4.49. The Morgan fingerprint density at radius 1 is 0.789 bits per heavy atom. The number of amides is 2. The minimum Gasteiger partial charge on any atom is -0.262 e. The first kappa shape index (κ1) is 10.2. The van der Waals surface area contributed by atoms with Gasteiger partial charge in [-0.15, -0.1) is 0 Å². The Morgan fingerprint density at radius 2 is 1.26 bits per heavy atom. The smallest absolute Gasteiger partial charge is 0.262 e. The second-order valence-corrected chi connectivity index (χ2v) is 4.49. The average Bonchev–Trinajstić information content (AvgIpc) is 2.88. The third-order valence-electron chi connectivity index (χ3n) is 3.46. The highest BCUT2D eigenvalue weighted by atomic mass is 16.2. The fourth-order valence-corrected chi connectivity index (χ4v) is 2.65. The normalized spacial score (nSPS) is 17.9. The molecule has 4 heterocycles. The van der Waals surface area contributed by atoms with E-state index in [1.54, 1.807) is 45.8 Å². The molecule has 2 aliphatic rings. The lowest BCUT2D eigenvalue weighted by molar-refractivity contribution is -0.993. The van der Waals surface area contributed by atoms with Gasteiger partial charge in [0.15, 0.2) is 12.4 Å². The minimum absolute atomic E-state index is 0.217. The number of hydrogen-bond donors (Lipinski definition) is 2. The maximum Gasteiger partial charge on any atom is 0.545 e. The van der Waals surface area contributed by atoms with Crippen molar-refractivity contribution in [1.82, 2.24) is 10.6 Å². The molecule has 6 nitrogen and oxygen atoms in total. The van der Waals surface area contributed by atoms with Crippen molar-refractivity contribution in [3.8, 4) is 0 Å². The zero-order valence-corrected chi connectivity index (χ0v) is 9.83. The van der Waals surface area contributed by atoms with Gasteiger partial charge < -0.3 is 0 Å². The van der Waals surface area contributed by atoms with E-state index in [0.717, 1.165) is 0 Å². The molecule has 92 valence electrons. The molecule has 6 heteroatoms. The number of nitrogens with one attached hydrogen (secondary N) is 2. The van der Waals surface area contributed by atoms with Crippen molar-refractivity contribution in [1.29, 1.82) is 0 Å². The summed E-state index contributed by atoms with van der Waals surface area (Å²) in [6.07, 6.45) is 3.53. The number of carbonyl (C=O) groups excluding carboxylic acids is 2. The van der Waals surface area contributed by atoms with Crippen LogP contribution in [0.15, 0.2) is 48.8 Å². The zero-order valence-electron chi connectivity index (χ0n) is 9.83. The molecule has 0 fully saturated rings. The van der Waals surface area contributed by atoms with E-state index in [9.17, 15) is 9.59 Å². The number of fused-ring (bicyclic) bond motifs is 4. The summed E-state index contributed by atoms with van der Waals surface area (Å²) in [7, 11) is 0. The number of pyridine rings is 2. The first-order valence-corrected chi connectivity index (χ1v) is 5.90. The van der Waals surface area contributed by atoms with Crippen LogP contribution in [0.2, 0.25) is 0 Å². The van der Waals surface area contributed by atoms with Gasteiger partial charge in [0.05, 0.1) is 0 Å². The van der Waals surface area contributed by atoms with Crippen molar-refractivity contribution in [2.24, 2.45) is 0 Å². The van der Waals surface area contributed by atoms with E-state index < -0.39 is 5.91 Å². The first-order valence-electron chi connectivity index (χ1n) is 5.90. The van der Waals surface area contributed by atoms with Crippen LogP contribution < -0.4 is 19.8 Å². The molecule has 2 aliphatic heterocycles. The Balaban J connectivity index is 2.05. The lowest BCUT2D eigenvalue weighted by Crippen LogP contribution is -2.80. The van der Waals surface area contributed by atoms with Crippen molar-refractivity contribution in [3.63, 3.8) is 0 Å². The third-order valence-corrected chi connectivity index (χ3v) is 3.46. The lowest BCUT2D eigenvalue weighted by atomic mass is 10.3. The number of rotatable bonds is 0. The van der Waals surface area contributed by atoms with Crippen LogP contribution in [0.25, 0.3) is 0 Å². The van der Waals surface area contributed by atoms with Gasteiger partial charge in [0.2, 0.25) is 0 Å². The standard InChI is InChI=1S/C13H8N4O2/c18-11-9-5-1-3-7-16(9)13(14-11)15-12(19)10-6-2-4-8-17(10)13/h1-8H/p+2. The molecule has 19 heavy (non-hydrogen) atoms. The second kappa shape index (κ2) is 3.17. The van der Waals surface area contributed by atoms with Crippen LogP contribution in [-0.4, -0.2) is 11.8 Å². The Morgan fingerprint density at radius 3 is 1.74 bits per heavy atom. The Labute approximate surface area is 108 Å². The molecule has 2 aromatic rings. The van der Waals surface area contributed by atoms with Gasteiger partial charge in [-0.05, 0) is 12.1 Å². The van der Waals surface area contributed by atoms with Crippen molar-refractivity contribution < 1.29 is 18.7 Å². The SMILES string of the molecule is O=C1NC2(NC(=O)c3cccc[n+]32)[n+]2ccccc21. The van der Waals surface area contributed by atoms with E-state index in [1.807, 2.05) is 12.1 Å². The van der Waals surface area contributed by atoms with E-state index in [-0.39, 0.29) is 11.8 Å². The highest BCUT2D eigenvalue weighted by Gasteiger charge is 2.66. The summed E-state index contributed by atoms with van der Waals surface area (Å²) in [5, 5.41) is 5.67. The molecule has 0 aliphatic carbocycles. The largest absolute Gasteiger partial charge is 0.545 e. The molecule has 0 aromatic carbocycles. The van der Waals surface area contributed by atoms with E-state index >= 15 is 0 Å². The molecule has 1 spiro atoms. The van der Waals surface area contributed by atoms with Crippen LogP contribution in [0.3, 0.4) is 0 Å². The fourth-order valence-electron chi connectivity index (χ4n) is 2.65. The van der Waals surface area contributed by atoms with Crippen LogP contribution in [0, 0.1) is 0 Å². The molecule has 0 bridgehead atoms. The van der Waals surface area contributed by atoms with Gasteiger partial charge >= 0.3 is 17.7 Å². The molecule has 0 atom stereocenters. The Kier molecular flexibility index (Phi) is 1.70. The summed E-state index contributed by atoms with van der Waals surface area (Å²) < 4.78 is 3.45. The molecule has 0 radical (unpaired) electrons. The van der Waals surface area contributed by atoms with Crippen LogP contribution in [0.1, 0.15) is 21.0 Å². The van der Waals surface area contributed by atoms with Crippen LogP contribution in [-0.2, 0) is 5.91 Å². The predicted octanol–water partition coefficient (Wildman–Crippen LogP) is -1.14. The summed E-state index contributed by atoms with van der Waals surface area (Å²) >= 11 is 0.